The van der Waals surface area contributed by atoms with E-state index in [9.17, 15) is 17.6 Å². The molecule has 24 heavy (non-hydrogen) atoms. The molecule has 3 aromatic rings. The predicted molar refractivity (Wildman–Crippen MR) is 85.0 cm³/mol. The van der Waals surface area contributed by atoms with Crippen molar-refractivity contribution in [1.29, 1.82) is 0 Å². The van der Waals surface area contributed by atoms with Gasteiger partial charge in [-0.2, -0.15) is 13.2 Å². The van der Waals surface area contributed by atoms with Gasteiger partial charge in [-0.25, -0.2) is 9.37 Å². The van der Waals surface area contributed by atoms with Gasteiger partial charge >= 0.3 is 6.18 Å². The molecule has 0 fully saturated rings. The lowest BCUT2D eigenvalue weighted by Crippen LogP contribution is -2.04. The van der Waals surface area contributed by atoms with Gasteiger partial charge in [-0.1, -0.05) is 13.3 Å². The van der Waals surface area contributed by atoms with Crippen molar-refractivity contribution in [3.05, 3.63) is 53.8 Å². The highest BCUT2D eigenvalue weighted by atomic mass is 19.4. The number of aromatic nitrogens is 2. The Morgan fingerprint density at radius 3 is 2.38 bits per heavy atom. The van der Waals surface area contributed by atoms with Crippen LogP contribution in [0, 0.1) is 5.82 Å². The van der Waals surface area contributed by atoms with Crippen LogP contribution in [-0.2, 0) is 12.7 Å². The van der Waals surface area contributed by atoms with E-state index >= 15 is 0 Å². The SMILES string of the molecule is CCCCn1c(-c2ccc(F)cc2)nc2cc(C(F)(F)F)ccc21. The average molecular weight is 336 g/mol. The van der Waals surface area contributed by atoms with Crippen LogP contribution in [0.5, 0.6) is 0 Å². The molecule has 0 aliphatic carbocycles. The molecule has 0 amide bonds. The van der Waals surface area contributed by atoms with E-state index in [1.807, 2.05) is 11.5 Å². The number of hydrogen-bond donors (Lipinski definition) is 0. The van der Waals surface area contributed by atoms with Gasteiger partial charge < -0.3 is 4.57 Å². The molecule has 0 atom stereocenters. The van der Waals surface area contributed by atoms with Gasteiger partial charge in [-0.3, -0.25) is 0 Å². The molecule has 2 aromatic carbocycles. The van der Waals surface area contributed by atoms with Crippen LogP contribution in [0.1, 0.15) is 25.3 Å². The summed E-state index contributed by atoms with van der Waals surface area (Å²) in [7, 11) is 0. The molecule has 6 heteroatoms. The van der Waals surface area contributed by atoms with Gasteiger partial charge in [0, 0.05) is 12.1 Å². The summed E-state index contributed by atoms with van der Waals surface area (Å²) in [6, 6.07) is 9.40. The number of benzene rings is 2. The van der Waals surface area contributed by atoms with Crippen LogP contribution < -0.4 is 0 Å². The minimum atomic E-state index is -4.41. The lowest BCUT2D eigenvalue weighted by molar-refractivity contribution is -0.137. The summed E-state index contributed by atoms with van der Waals surface area (Å²) in [5.41, 5.74) is 0.897. The first-order valence-corrected chi connectivity index (χ1v) is 7.73. The number of nitrogens with zero attached hydrogens (tertiary/aromatic N) is 2. The maximum atomic E-state index is 13.1. The van der Waals surface area contributed by atoms with Crippen LogP contribution in [0.15, 0.2) is 42.5 Å². The summed E-state index contributed by atoms with van der Waals surface area (Å²) in [5.74, 6) is 0.187. The summed E-state index contributed by atoms with van der Waals surface area (Å²) in [6.07, 6.45) is -2.58. The van der Waals surface area contributed by atoms with Crippen LogP contribution in [0.25, 0.3) is 22.4 Å². The first-order valence-electron chi connectivity index (χ1n) is 7.73. The highest BCUT2D eigenvalue weighted by molar-refractivity contribution is 5.81. The van der Waals surface area contributed by atoms with Crippen LogP contribution in [0.3, 0.4) is 0 Å². The zero-order valence-corrected chi connectivity index (χ0v) is 13.1. The summed E-state index contributed by atoms with van der Waals surface area (Å²) in [6.45, 7) is 2.68. The van der Waals surface area contributed by atoms with Gasteiger partial charge in [0.15, 0.2) is 0 Å². The number of hydrogen-bond acceptors (Lipinski definition) is 1. The van der Waals surface area contributed by atoms with Crippen LogP contribution in [0.4, 0.5) is 17.6 Å². The number of imidazole rings is 1. The number of aryl methyl sites for hydroxylation is 1. The molecule has 0 bridgehead atoms. The van der Waals surface area contributed by atoms with Crippen LogP contribution >= 0.6 is 0 Å². The topological polar surface area (TPSA) is 17.8 Å². The molecule has 0 unspecified atom stereocenters. The molecule has 0 N–H and O–H groups in total. The second kappa shape index (κ2) is 6.26. The number of fused-ring (bicyclic) bond motifs is 1. The van der Waals surface area contributed by atoms with E-state index in [1.54, 1.807) is 12.1 Å². The van der Waals surface area contributed by atoms with Crippen molar-refractivity contribution in [3.8, 4) is 11.4 Å². The monoisotopic (exact) mass is 336 g/mol. The minimum absolute atomic E-state index is 0.292. The van der Waals surface area contributed by atoms with Crippen LogP contribution in [0.2, 0.25) is 0 Å². The van der Waals surface area contributed by atoms with E-state index in [0.29, 0.717) is 29.0 Å². The Labute approximate surface area is 136 Å². The maximum absolute atomic E-state index is 13.1. The van der Waals surface area contributed by atoms with Crippen molar-refractivity contribution >= 4 is 11.0 Å². The Hall–Kier alpha value is -2.37. The molecular formula is C18H16F4N2. The predicted octanol–water partition coefficient (Wildman–Crippen LogP) is 5.66. The third-order valence-corrected chi connectivity index (χ3v) is 3.91. The van der Waals surface area contributed by atoms with E-state index in [4.69, 9.17) is 0 Å². The number of rotatable bonds is 4. The van der Waals surface area contributed by atoms with Crippen molar-refractivity contribution in [3.63, 3.8) is 0 Å². The Morgan fingerprint density at radius 1 is 1.04 bits per heavy atom. The van der Waals surface area contributed by atoms with Gasteiger partial charge in [-0.15, -0.1) is 0 Å². The second-order valence-electron chi connectivity index (χ2n) is 5.65. The van der Waals surface area contributed by atoms with Crippen molar-refractivity contribution < 1.29 is 17.6 Å². The normalized spacial score (nSPS) is 12.0. The van der Waals surface area contributed by atoms with Gasteiger partial charge in [0.1, 0.15) is 11.6 Å². The molecule has 0 aliphatic rings. The summed E-state index contributed by atoms with van der Waals surface area (Å²) in [5, 5.41) is 0. The minimum Gasteiger partial charge on any atom is -0.324 e. The van der Waals surface area contributed by atoms with E-state index in [2.05, 4.69) is 4.98 Å². The smallest absolute Gasteiger partial charge is 0.324 e. The van der Waals surface area contributed by atoms with Crippen molar-refractivity contribution in [2.24, 2.45) is 0 Å². The first kappa shape index (κ1) is 16.5. The summed E-state index contributed by atoms with van der Waals surface area (Å²) < 4.78 is 53.8. The van der Waals surface area contributed by atoms with Crippen LogP contribution in [-0.4, -0.2) is 9.55 Å². The third kappa shape index (κ3) is 3.13. The summed E-state index contributed by atoms with van der Waals surface area (Å²) >= 11 is 0. The first-order chi connectivity index (χ1) is 11.4. The molecule has 0 saturated carbocycles. The van der Waals surface area contributed by atoms with Gasteiger partial charge in [0.05, 0.1) is 16.6 Å². The molecule has 1 heterocycles. The van der Waals surface area contributed by atoms with Crippen molar-refractivity contribution in [1.82, 2.24) is 9.55 Å². The molecule has 0 spiro atoms. The lowest BCUT2D eigenvalue weighted by Gasteiger charge is -2.09. The molecule has 0 saturated heterocycles. The highest BCUT2D eigenvalue weighted by Crippen LogP contribution is 2.33. The maximum Gasteiger partial charge on any atom is 0.416 e. The zero-order valence-electron chi connectivity index (χ0n) is 13.1. The molecule has 126 valence electrons. The van der Waals surface area contributed by atoms with Crippen molar-refractivity contribution in [2.45, 2.75) is 32.5 Å². The molecule has 1 aromatic heterocycles. The molecule has 2 nitrogen and oxygen atoms in total. The van der Waals surface area contributed by atoms with E-state index in [-0.39, 0.29) is 5.82 Å². The van der Waals surface area contributed by atoms with E-state index in [1.165, 1.54) is 18.2 Å². The molecule has 3 rings (SSSR count). The Morgan fingerprint density at radius 2 is 1.75 bits per heavy atom. The zero-order chi connectivity index (χ0) is 17.3. The quantitative estimate of drug-likeness (QED) is 0.562. The van der Waals surface area contributed by atoms with Gasteiger partial charge in [0.25, 0.3) is 0 Å². The average Bonchev–Trinajstić information content (AvgIpc) is 2.90. The number of alkyl halides is 3. The molecular weight excluding hydrogens is 320 g/mol. The highest BCUT2D eigenvalue weighted by Gasteiger charge is 2.31. The fraction of sp³-hybridized carbons (Fsp3) is 0.278. The number of halogens is 4. The van der Waals surface area contributed by atoms with E-state index < -0.39 is 11.7 Å². The van der Waals surface area contributed by atoms with Gasteiger partial charge in [0.2, 0.25) is 0 Å². The Kier molecular flexibility index (Phi) is 4.30. The Balaban J connectivity index is 2.17. The third-order valence-electron chi connectivity index (χ3n) is 3.91. The Bertz CT molecular complexity index is 848. The molecule has 0 radical (unpaired) electrons. The lowest BCUT2D eigenvalue weighted by atomic mass is 10.2. The van der Waals surface area contributed by atoms with Gasteiger partial charge in [-0.05, 0) is 48.9 Å². The fourth-order valence-corrected chi connectivity index (χ4v) is 2.67. The largest absolute Gasteiger partial charge is 0.416 e. The number of unbranched alkanes of at least 4 members (excludes halogenated alkanes) is 1. The fourth-order valence-electron chi connectivity index (χ4n) is 2.67. The summed E-state index contributed by atoms with van der Waals surface area (Å²) in [4.78, 5) is 4.38. The van der Waals surface area contributed by atoms with Crippen molar-refractivity contribution in [2.75, 3.05) is 0 Å². The molecule has 0 aliphatic heterocycles. The second-order valence-corrected chi connectivity index (χ2v) is 5.65. The standard InChI is InChI=1S/C18H16F4N2/c1-2-3-10-24-16-9-6-13(18(20,21)22)11-15(16)23-17(24)12-4-7-14(19)8-5-12/h4-9,11H,2-3,10H2,1H3. The van der Waals surface area contributed by atoms with E-state index in [0.717, 1.165) is 25.0 Å².